The van der Waals surface area contributed by atoms with Gasteiger partial charge in [-0.3, -0.25) is 29.5 Å². The number of likely N-dealkylation sites (N-methyl/N-ethyl adjacent to an activating group) is 1. The second kappa shape index (κ2) is 54.6. The van der Waals surface area contributed by atoms with Crippen LogP contribution in [0.25, 0.3) is 0 Å². The van der Waals surface area contributed by atoms with Crippen LogP contribution in [0.3, 0.4) is 0 Å². The average Bonchev–Trinajstić information content (AvgIpc) is 0.675. The van der Waals surface area contributed by atoms with Crippen LogP contribution in [0.5, 0.6) is 0 Å². The largest absolute Gasteiger partial charge is 0.367 e. The van der Waals surface area contributed by atoms with Gasteiger partial charge in [0.25, 0.3) is 0 Å². The zero-order chi connectivity index (χ0) is 103. The smallest absolute Gasteiger partial charge is 0.0460 e. The van der Waals surface area contributed by atoms with Crippen molar-refractivity contribution < 1.29 is 0 Å². The van der Waals surface area contributed by atoms with Crippen LogP contribution in [0.4, 0.5) is 11.4 Å². The fourth-order valence-electron chi connectivity index (χ4n) is 27.7. The van der Waals surface area contributed by atoms with E-state index in [1.807, 2.05) is 0 Å². The van der Waals surface area contributed by atoms with Crippen molar-refractivity contribution in [3.05, 3.63) is 89.2 Å². The molecule has 5 saturated heterocycles. The van der Waals surface area contributed by atoms with E-state index >= 15 is 0 Å². The second-order valence-electron chi connectivity index (χ2n) is 51.6. The molecule has 784 valence electrons. The second-order valence-corrected chi connectivity index (χ2v) is 51.6. The van der Waals surface area contributed by atoms with E-state index in [4.69, 9.17) is 4.98 Å². The van der Waals surface area contributed by atoms with E-state index in [-0.39, 0.29) is 38.5 Å². The Morgan fingerprint density at radius 2 is 0.664 bits per heavy atom. The number of piperidine rings is 4. The molecule has 10 rings (SSSR count). The number of anilines is 2. The molecule has 1 aromatic heterocycles. The Kier molecular flexibility index (Phi) is 51.7. The van der Waals surface area contributed by atoms with Crippen molar-refractivity contribution in [2.24, 2.45) is 0 Å². The maximum atomic E-state index is 4.72. The molecule has 0 atom stereocenters. The number of nitrogens with one attached hydrogen (secondary N) is 2. The van der Waals surface area contributed by atoms with E-state index in [9.17, 15) is 0 Å². The molecule has 3 aromatic rings. The Balaban J connectivity index is 0.000000515. The van der Waals surface area contributed by atoms with Crippen molar-refractivity contribution in [2.45, 2.75) is 668 Å². The molecule has 134 heavy (non-hydrogen) atoms. The number of hydrogen-bond acceptors (Lipinski definition) is 10. The van der Waals surface area contributed by atoms with Gasteiger partial charge in [0.05, 0.1) is 0 Å². The van der Waals surface area contributed by atoms with Crippen molar-refractivity contribution in [3.8, 4) is 0 Å². The minimum Gasteiger partial charge on any atom is -0.367 e. The molecule has 2 aliphatic carbocycles. The quantitative estimate of drug-likeness (QED) is 0.0960. The number of nitrogens with zero attached hydrogens (tertiary/aromatic N) is 8. The van der Waals surface area contributed by atoms with Crippen LogP contribution >= 0.6 is 0 Å². The summed E-state index contributed by atoms with van der Waals surface area (Å²) in [4.78, 5) is 23.5. The van der Waals surface area contributed by atoms with Crippen LogP contribution in [0, 0.1) is 0 Å². The first-order chi connectivity index (χ1) is 61.8. The van der Waals surface area contributed by atoms with E-state index in [0.29, 0.717) is 80.3 Å². The summed E-state index contributed by atoms with van der Waals surface area (Å²) in [5.41, 5.74) is 12.5. The maximum absolute atomic E-state index is 4.72. The molecule has 0 unspecified atom stereocenters. The lowest BCUT2D eigenvalue weighted by Gasteiger charge is -2.76. The van der Waals surface area contributed by atoms with Gasteiger partial charge in [-0.2, -0.15) is 0 Å². The molecule has 2 N–H and O–H groups in total. The Hall–Kier alpha value is -3.09. The van der Waals surface area contributed by atoms with Gasteiger partial charge in [0.2, 0.25) is 0 Å². The van der Waals surface area contributed by atoms with Gasteiger partial charge in [-0.05, 0) is 414 Å². The molecule has 2 aromatic carbocycles. The SMILES string of the molecule is CC(C)(C)c1cccc(C(C)(C)C)n1.CC(C)N(c1ccccc1)C(C)C.CC(C)c1cccc(C(C)C)c1N(C(C)C)C(C)C.CC1(C)CCCC(C)(C)N1.CCC1(CC)CCCC(CC)(CC)N1.CCC1(CC)CCCC(CC)(CC)N1C.CCC1(CC)N(C)C(CC)(CC)C(C)(C)N(C(C)(C)C)C1(C)C.CCN(C1CCCCC1)C1CCCCC1.CN1C(C)(C)CCCC1(C)C. The highest BCUT2D eigenvalue weighted by atomic mass is 15.5. The molecule has 2 saturated carbocycles. The standard InChI is InChI=1S/C21H44N2.C18H31N.C14H27N.C14H29N.C13H21N.C13H27N.C12H19N.C10H21N.C9H19N/c1-13-20(14-2)18(8,9)23(17(5,6)7)19(10,11)21(15-3,16-4)22(20)12;1-12(2)16-10-9-11-17(13(3)4)18(16)19(14(5)6)15(7)8;1-2-15(13-9-5-3-6-10-13)14-11-7-4-8-12-14;1-6-13(7-2)11-10-12-14(8-3,9-4)15(13)5;1-12(2,3)10-8-7-9-11(14-10)13(4,5)6;1-5-12(6-2)10-9-11-13(7-3,8-4)14-12;1-10(2)13(11(3)4)12-8-6-5-7-9-12;1-9(2)7-6-8-10(3,4)11(9)5;1-8(2)6-5-7-9(3,4)10-8/h13-16H2,1-12H3;9-15H,1-8H3;13-14H,2-12H2,1H3;6-12H2,1-5H3;7-9H,1-6H3;14H,5-11H2,1-4H3;5-11H,1-4H3;6-8H2,1-5H3;10H,5-7H2,1-4H3. The molecule has 0 radical (unpaired) electrons. The monoisotopic (exact) mass is 1870 g/mol. The first-order valence-electron chi connectivity index (χ1n) is 56.9. The highest BCUT2D eigenvalue weighted by Gasteiger charge is 2.68. The van der Waals surface area contributed by atoms with E-state index in [1.54, 1.807) is 0 Å². The zero-order valence-electron chi connectivity index (χ0n) is 99.8. The van der Waals surface area contributed by atoms with Gasteiger partial charge in [-0.1, -0.05) is 240 Å². The van der Waals surface area contributed by atoms with Gasteiger partial charge in [-0.25, -0.2) is 0 Å². The number of rotatable bonds is 23. The molecule has 5 aliphatic heterocycles. The Labute approximate surface area is 840 Å². The van der Waals surface area contributed by atoms with Gasteiger partial charge < -0.3 is 20.4 Å². The van der Waals surface area contributed by atoms with Crippen molar-refractivity contribution in [2.75, 3.05) is 37.5 Å². The normalized spacial score (nSPS) is 21.9. The molecule has 7 fully saturated rings. The van der Waals surface area contributed by atoms with E-state index < -0.39 is 0 Å². The Morgan fingerprint density at radius 1 is 0.343 bits per heavy atom. The van der Waals surface area contributed by atoms with Crippen molar-refractivity contribution >= 4 is 11.4 Å². The van der Waals surface area contributed by atoms with Gasteiger partial charge in [0.15, 0.2) is 0 Å². The number of aromatic nitrogens is 1. The van der Waals surface area contributed by atoms with E-state index in [1.165, 1.54) is 259 Å². The lowest BCUT2D eigenvalue weighted by atomic mass is 9.58. The predicted molar refractivity (Wildman–Crippen MR) is 605 cm³/mol. The van der Waals surface area contributed by atoms with Gasteiger partial charge in [0.1, 0.15) is 0 Å². The third-order valence-electron chi connectivity index (χ3n) is 35.9. The molecule has 0 bridgehead atoms. The number of likely N-dealkylation sites (tertiary alicyclic amines) is 2. The summed E-state index contributed by atoms with van der Waals surface area (Å²) in [5.74, 6) is 1.13. The average molecular weight is 1870 g/mol. The minimum atomic E-state index is 0.112. The molecule has 7 aliphatic rings. The molecule has 10 nitrogen and oxygen atoms in total. The van der Waals surface area contributed by atoms with Crippen LogP contribution in [0.1, 0.15) is 571 Å². The lowest BCUT2D eigenvalue weighted by molar-refractivity contribution is -0.253. The minimum absolute atomic E-state index is 0.112. The number of pyridine rings is 1. The molecular formula is C124H238N10. The third kappa shape index (κ3) is 33.5. The third-order valence-corrected chi connectivity index (χ3v) is 35.9. The molecule has 0 spiro atoms. The fourth-order valence-corrected chi connectivity index (χ4v) is 27.7. The van der Waals surface area contributed by atoms with Crippen molar-refractivity contribution in [1.29, 1.82) is 0 Å². The van der Waals surface area contributed by atoms with Crippen LogP contribution in [-0.2, 0) is 10.8 Å². The number of benzene rings is 2. The van der Waals surface area contributed by atoms with Gasteiger partial charge in [0, 0.05) is 142 Å². The Bertz CT molecular complexity index is 3430. The summed E-state index contributed by atoms with van der Waals surface area (Å²) in [6.07, 6.45) is 46.4. The van der Waals surface area contributed by atoms with Gasteiger partial charge >= 0.3 is 0 Å². The number of piperazine rings is 1. The van der Waals surface area contributed by atoms with Crippen LogP contribution in [0.15, 0.2) is 66.7 Å². The molecule has 6 heterocycles. The maximum Gasteiger partial charge on any atom is 0.0460 e. The molecular weight excluding hydrogens is 1630 g/mol. The summed E-state index contributed by atoms with van der Waals surface area (Å²) in [7, 11) is 7.03. The topological polar surface area (TPSA) is 59.6 Å². The summed E-state index contributed by atoms with van der Waals surface area (Å²) in [5, 5.41) is 7.61. The van der Waals surface area contributed by atoms with Gasteiger partial charge in [-0.15, -0.1) is 0 Å². The van der Waals surface area contributed by atoms with E-state index in [2.05, 4.69) is 451 Å². The molecule has 0 amide bonds. The highest BCUT2D eigenvalue weighted by molar-refractivity contribution is 5.63. The van der Waals surface area contributed by atoms with Crippen LogP contribution in [-0.4, -0.2) is 165 Å². The number of para-hydroxylation sites is 2. The Morgan fingerprint density at radius 3 is 0.933 bits per heavy atom. The van der Waals surface area contributed by atoms with E-state index in [0.717, 1.165) is 12.1 Å². The summed E-state index contributed by atoms with van der Waals surface area (Å²) in [6.45, 7) is 108. The summed E-state index contributed by atoms with van der Waals surface area (Å²) in [6, 6.07) is 27.7. The van der Waals surface area contributed by atoms with Crippen molar-refractivity contribution in [1.82, 2.24) is 40.1 Å². The summed E-state index contributed by atoms with van der Waals surface area (Å²) >= 11 is 0. The zero-order valence-corrected chi connectivity index (χ0v) is 99.8. The van der Waals surface area contributed by atoms with Crippen LogP contribution in [0.2, 0.25) is 0 Å². The predicted octanol–water partition coefficient (Wildman–Crippen LogP) is 35.3. The lowest BCUT2D eigenvalue weighted by Crippen LogP contribution is -2.87. The first kappa shape index (κ1) is 127. The highest BCUT2D eigenvalue weighted by Crippen LogP contribution is 2.58. The fraction of sp³-hybridized carbons (Fsp3) is 0.863. The van der Waals surface area contributed by atoms with Crippen molar-refractivity contribution in [3.63, 3.8) is 0 Å². The van der Waals surface area contributed by atoms with Crippen LogP contribution < -0.4 is 20.4 Å². The first-order valence-corrected chi connectivity index (χ1v) is 56.9. The molecule has 10 heteroatoms. The summed E-state index contributed by atoms with van der Waals surface area (Å²) < 4.78 is 0. The number of hydrogen-bond donors (Lipinski definition) is 2.